The van der Waals surface area contributed by atoms with Gasteiger partial charge in [-0.1, -0.05) is 17.7 Å². The van der Waals surface area contributed by atoms with Gasteiger partial charge in [0.1, 0.15) is 0 Å². The monoisotopic (exact) mass is 247 g/mol. The Morgan fingerprint density at radius 1 is 1.41 bits per heavy atom. The highest BCUT2D eigenvalue weighted by atomic mass is 35.5. The van der Waals surface area contributed by atoms with Crippen LogP contribution in [0.4, 0.5) is 0 Å². The molecule has 0 bridgehead atoms. The Kier molecular flexibility index (Phi) is 2.65. The van der Waals surface area contributed by atoms with Gasteiger partial charge in [-0.3, -0.25) is 0 Å². The zero-order valence-corrected chi connectivity index (χ0v) is 10.2. The molecule has 0 unspecified atom stereocenters. The third-order valence-corrected chi connectivity index (χ3v) is 3.36. The van der Waals surface area contributed by atoms with Gasteiger partial charge in [0.05, 0.1) is 17.6 Å². The van der Waals surface area contributed by atoms with E-state index in [0.717, 1.165) is 16.3 Å². The number of benzene rings is 1. The first-order valence-corrected chi connectivity index (χ1v) is 6.20. The van der Waals surface area contributed by atoms with E-state index < -0.39 is 0 Å². The van der Waals surface area contributed by atoms with E-state index in [2.05, 4.69) is 5.10 Å². The van der Waals surface area contributed by atoms with Gasteiger partial charge in [-0.15, -0.1) is 0 Å². The van der Waals surface area contributed by atoms with Gasteiger partial charge >= 0.3 is 0 Å². The van der Waals surface area contributed by atoms with Crippen molar-refractivity contribution in [2.24, 2.45) is 5.73 Å². The number of halogens is 1. The van der Waals surface area contributed by atoms with E-state index in [1.54, 1.807) is 0 Å². The second kappa shape index (κ2) is 4.17. The quantitative estimate of drug-likeness (QED) is 0.907. The van der Waals surface area contributed by atoms with Gasteiger partial charge in [0.25, 0.3) is 0 Å². The lowest BCUT2D eigenvalue weighted by molar-refractivity contribution is 0.801. The highest BCUT2D eigenvalue weighted by molar-refractivity contribution is 6.30. The molecule has 88 valence electrons. The third-order valence-electron chi connectivity index (χ3n) is 3.12. The van der Waals surface area contributed by atoms with Crippen molar-refractivity contribution < 1.29 is 0 Å². The molecular formula is C13H14ClN3. The molecule has 1 aliphatic rings. The van der Waals surface area contributed by atoms with Crippen molar-refractivity contribution in [3.8, 4) is 5.69 Å². The van der Waals surface area contributed by atoms with Crippen molar-refractivity contribution in [2.75, 3.05) is 0 Å². The topological polar surface area (TPSA) is 43.8 Å². The molecule has 17 heavy (non-hydrogen) atoms. The van der Waals surface area contributed by atoms with Crippen LogP contribution in [0.5, 0.6) is 0 Å². The summed E-state index contributed by atoms with van der Waals surface area (Å²) in [7, 11) is 0. The molecule has 1 heterocycles. The summed E-state index contributed by atoms with van der Waals surface area (Å²) in [5.74, 6) is 0.620. The smallest absolute Gasteiger partial charge is 0.0663 e. The number of aromatic nitrogens is 2. The SMILES string of the molecule is NCc1cnn(-c2cccc(Cl)c2)c1C1CC1. The average Bonchev–Trinajstić information content (AvgIpc) is 3.08. The second-order valence-corrected chi connectivity index (χ2v) is 4.86. The molecule has 0 aliphatic heterocycles. The van der Waals surface area contributed by atoms with Crippen LogP contribution in [0.2, 0.25) is 5.02 Å². The van der Waals surface area contributed by atoms with Crippen molar-refractivity contribution in [3.05, 3.63) is 46.7 Å². The molecule has 2 N–H and O–H groups in total. The first kappa shape index (κ1) is 10.8. The summed E-state index contributed by atoms with van der Waals surface area (Å²) >= 11 is 6.02. The van der Waals surface area contributed by atoms with Crippen LogP contribution in [0.25, 0.3) is 5.69 Å². The zero-order chi connectivity index (χ0) is 11.8. The summed E-state index contributed by atoms with van der Waals surface area (Å²) in [6.45, 7) is 0.548. The van der Waals surface area contributed by atoms with Crippen LogP contribution in [-0.2, 0) is 6.54 Å². The van der Waals surface area contributed by atoms with Crippen LogP contribution in [0.1, 0.15) is 30.0 Å². The molecule has 0 amide bonds. The molecule has 1 aliphatic carbocycles. The second-order valence-electron chi connectivity index (χ2n) is 4.43. The minimum atomic E-state index is 0.548. The summed E-state index contributed by atoms with van der Waals surface area (Å²) in [5.41, 5.74) is 9.18. The fraction of sp³-hybridized carbons (Fsp3) is 0.308. The Morgan fingerprint density at radius 3 is 2.88 bits per heavy atom. The van der Waals surface area contributed by atoms with E-state index in [1.165, 1.54) is 18.5 Å². The molecule has 1 saturated carbocycles. The first-order chi connectivity index (χ1) is 8.29. The van der Waals surface area contributed by atoms with Crippen molar-refractivity contribution in [2.45, 2.75) is 25.3 Å². The maximum Gasteiger partial charge on any atom is 0.0663 e. The van der Waals surface area contributed by atoms with Crippen molar-refractivity contribution in [1.29, 1.82) is 0 Å². The van der Waals surface area contributed by atoms with E-state index in [-0.39, 0.29) is 0 Å². The number of hydrogen-bond acceptors (Lipinski definition) is 2. The third kappa shape index (κ3) is 1.96. The highest BCUT2D eigenvalue weighted by Crippen LogP contribution is 2.42. The van der Waals surface area contributed by atoms with Crippen LogP contribution >= 0.6 is 11.6 Å². The lowest BCUT2D eigenvalue weighted by Crippen LogP contribution is -2.04. The van der Waals surface area contributed by atoms with Crippen LogP contribution in [-0.4, -0.2) is 9.78 Å². The van der Waals surface area contributed by atoms with Gasteiger partial charge in [0, 0.05) is 23.0 Å². The van der Waals surface area contributed by atoms with Gasteiger partial charge in [0.15, 0.2) is 0 Å². The number of nitrogens with zero attached hydrogens (tertiary/aromatic N) is 2. The lowest BCUT2D eigenvalue weighted by Gasteiger charge is -2.08. The largest absolute Gasteiger partial charge is 0.326 e. The normalized spacial score (nSPS) is 15.2. The molecule has 4 heteroatoms. The maximum atomic E-state index is 6.02. The average molecular weight is 248 g/mol. The van der Waals surface area contributed by atoms with Crippen LogP contribution < -0.4 is 5.73 Å². The number of rotatable bonds is 3. The molecule has 3 rings (SSSR count). The molecule has 1 fully saturated rings. The predicted molar refractivity (Wildman–Crippen MR) is 68.4 cm³/mol. The Morgan fingerprint density at radius 2 is 2.24 bits per heavy atom. The van der Waals surface area contributed by atoms with Crippen LogP contribution in [0, 0.1) is 0 Å². The fourth-order valence-corrected chi connectivity index (χ4v) is 2.34. The minimum absolute atomic E-state index is 0.548. The zero-order valence-electron chi connectivity index (χ0n) is 9.44. The van der Waals surface area contributed by atoms with Crippen LogP contribution in [0.15, 0.2) is 30.5 Å². The van der Waals surface area contributed by atoms with Crippen LogP contribution in [0.3, 0.4) is 0 Å². The summed E-state index contributed by atoms with van der Waals surface area (Å²) < 4.78 is 1.98. The summed E-state index contributed by atoms with van der Waals surface area (Å²) in [4.78, 5) is 0. The minimum Gasteiger partial charge on any atom is -0.326 e. The van der Waals surface area contributed by atoms with E-state index in [4.69, 9.17) is 17.3 Å². The number of nitrogens with two attached hydrogens (primary N) is 1. The lowest BCUT2D eigenvalue weighted by atomic mass is 10.1. The Balaban J connectivity index is 2.11. The molecule has 2 aromatic rings. The summed E-state index contributed by atoms with van der Waals surface area (Å²) in [6, 6.07) is 7.76. The maximum absolute atomic E-state index is 6.02. The summed E-state index contributed by atoms with van der Waals surface area (Å²) in [6.07, 6.45) is 4.34. The van der Waals surface area contributed by atoms with E-state index in [9.17, 15) is 0 Å². The van der Waals surface area contributed by atoms with E-state index in [1.807, 2.05) is 35.1 Å². The van der Waals surface area contributed by atoms with Gasteiger partial charge in [-0.05, 0) is 31.0 Å². The summed E-state index contributed by atoms with van der Waals surface area (Å²) in [5, 5.41) is 5.17. The predicted octanol–water partition coefficient (Wildman–Crippen LogP) is 2.86. The Labute approximate surface area is 105 Å². The van der Waals surface area contributed by atoms with E-state index in [0.29, 0.717) is 12.5 Å². The molecule has 1 aromatic carbocycles. The molecule has 3 nitrogen and oxygen atoms in total. The fourth-order valence-electron chi connectivity index (χ4n) is 2.15. The van der Waals surface area contributed by atoms with Gasteiger partial charge in [0.2, 0.25) is 0 Å². The van der Waals surface area contributed by atoms with Crippen molar-refractivity contribution >= 4 is 11.6 Å². The van der Waals surface area contributed by atoms with Gasteiger partial charge < -0.3 is 5.73 Å². The highest BCUT2D eigenvalue weighted by Gasteiger charge is 2.30. The van der Waals surface area contributed by atoms with Crippen molar-refractivity contribution in [1.82, 2.24) is 9.78 Å². The molecular weight excluding hydrogens is 234 g/mol. The Hall–Kier alpha value is -1.32. The molecule has 0 spiro atoms. The van der Waals surface area contributed by atoms with Gasteiger partial charge in [-0.25, -0.2) is 4.68 Å². The number of hydrogen-bond donors (Lipinski definition) is 1. The van der Waals surface area contributed by atoms with E-state index >= 15 is 0 Å². The molecule has 0 atom stereocenters. The first-order valence-electron chi connectivity index (χ1n) is 5.82. The molecule has 1 aromatic heterocycles. The Bertz CT molecular complexity index is 543. The molecule has 0 saturated heterocycles. The van der Waals surface area contributed by atoms with Crippen molar-refractivity contribution in [3.63, 3.8) is 0 Å². The van der Waals surface area contributed by atoms with Gasteiger partial charge in [-0.2, -0.15) is 5.10 Å². The standard InChI is InChI=1S/C13H14ClN3/c14-11-2-1-3-12(6-11)17-13(9-4-5-9)10(7-15)8-16-17/h1-3,6,8-9H,4-5,7,15H2. The molecule has 0 radical (unpaired) electrons.